The Balaban J connectivity index is 2.02. The van der Waals surface area contributed by atoms with E-state index < -0.39 is 4.92 Å². The van der Waals surface area contributed by atoms with Gasteiger partial charge in [-0.05, 0) is 19.4 Å². The summed E-state index contributed by atoms with van der Waals surface area (Å²) in [6.45, 7) is 3.98. The van der Waals surface area contributed by atoms with E-state index in [0.29, 0.717) is 11.3 Å². The standard InChI is InChI=1S/C18H21N3O4/c1-12-9-16(21(23)24)17(25-3)10-15(12)20-18(22)11-19-13(2)14-7-5-4-6-8-14/h4-10,13,19H,11H2,1-3H3,(H,20,22)/p+1/t13-/m1/s1. The Morgan fingerprint density at radius 1 is 1.32 bits per heavy atom. The number of quaternary nitrogens is 1. The Bertz CT molecular complexity index is 762. The summed E-state index contributed by atoms with van der Waals surface area (Å²) in [6.07, 6.45) is 0. The van der Waals surface area contributed by atoms with Crippen molar-refractivity contribution >= 4 is 17.3 Å². The molecule has 0 saturated carbocycles. The third kappa shape index (κ3) is 4.77. The molecule has 7 nitrogen and oxygen atoms in total. The van der Waals surface area contributed by atoms with Gasteiger partial charge in [0.25, 0.3) is 5.91 Å². The molecular formula is C18H22N3O4+. The predicted molar refractivity (Wildman–Crippen MR) is 94.7 cm³/mol. The molecule has 2 aromatic rings. The van der Waals surface area contributed by atoms with Crippen molar-refractivity contribution in [2.24, 2.45) is 0 Å². The normalized spacial score (nSPS) is 11.6. The Hall–Kier alpha value is -2.93. The number of ether oxygens (including phenoxy) is 1. The molecule has 2 aromatic carbocycles. The van der Waals surface area contributed by atoms with Crippen LogP contribution in [0.5, 0.6) is 5.75 Å². The summed E-state index contributed by atoms with van der Waals surface area (Å²) in [4.78, 5) is 22.7. The van der Waals surface area contributed by atoms with Crippen LogP contribution in [0.3, 0.4) is 0 Å². The van der Waals surface area contributed by atoms with E-state index in [1.807, 2.05) is 42.6 Å². The number of methoxy groups -OCH3 is 1. The third-order valence-corrected chi connectivity index (χ3v) is 3.98. The molecule has 25 heavy (non-hydrogen) atoms. The maximum Gasteiger partial charge on any atom is 0.311 e. The van der Waals surface area contributed by atoms with E-state index in [2.05, 4.69) is 5.32 Å². The van der Waals surface area contributed by atoms with Gasteiger partial charge in [0.05, 0.1) is 12.0 Å². The average molecular weight is 344 g/mol. The highest BCUT2D eigenvalue weighted by Gasteiger charge is 2.19. The largest absolute Gasteiger partial charge is 0.490 e. The van der Waals surface area contributed by atoms with Crippen LogP contribution in [0.1, 0.15) is 24.1 Å². The van der Waals surface area contributed by atoms with Crippen LogP contribution < -0.4 is 15.4 Å². The first-order valence-electron chi connectivity index (χ1n) is 7.93. The molecule has 0 radical (unpaired) electrons. The van der Waals surface area contributed by atoms with Crippen LogP contribution in [0.25, 0.3) is 0 Å². The van der Waals surface area contributed by atoms with Crippen LogP contribution in [-0.2, 0) is 4.79 Å². The Morgan fingerprint density at radius 2 is 2.00 bits per heavy atom. The van der Waals surface area contributed by atoms with E-state index in [4.69, 9.17) is 4.74 Å². The summed E-state index contributed by atoms with van der Waals surface area (Å²) < 4.78 is 5.04. The van der Waals surface area contributed by atoms with Gasteiger partial charge in [-0.25, -0.2) is 0 Å². The molecule has 0 unspecified atom stereocenters. The number of nitro benzene ring substituents is 1. The second-order valence-corrected chi connectivity index (χ2v) is 5.78. The van der Waals surface area contributed by atoms with Gasteiger partial charge in [0.15, 0.2) is 12.3 Å². The van der Waals surface area contributed by atoms with Crippen LogP contribution in [0.4, 0.5) is 11.4 Å². The van der Waals surface area contributed by atoms with Gasteiger partial charge >= 0.3 is 5.69 Å². The molecule has 0 saturated heterocycles. The number of aryl methyl sites for hydroxylation is 1. The van der Waals surface area contributed by atoms with E-state index in [1.165, 1.54) is 19.2 Å². The zero-order chi connectivity index (χ0) is 18.4. The summed E-state index contributed by atoms with van der Waals surface area (Å²) in [7, 11) is 1.36. The fourth-order valence-corrected chi connectivity index (χ4v) is 2.49. The lowest BCUT2D eigenvalue weighted by atomic mass is 10.1. The molecular weight excluding hydrogens is 322 g/mol. The number of carbonyl (C=O) groups is 1. The van der Waals surface area contributed by atoms with Crippen molar-refractivity contribution in [1.82, 2.24) is 0 Å². The predicted octanol–water partition coefficient (Wildman–Crippen LogP) is 2.17. The van der Waals surface area contributed by atoms with E-state index in [0.717, 1.165) is 5.56 Å². The highest BCUT2D eigenvalue weighted by atomic mass is 16.6. The van der Waals surface area contributed by atoms with Crippen molar-refractivity contribution < 1.29 is 19.8 Å². The maximum atomic E-state index is 12.2. The molecule has 0 spiro atoms. The first kappa shape index (κ1) is 18.4. The molecule has 0 aliphatic heterocycles. The van der Waals surface area contributed by atoms with Crippen LogP contribution in [0, 0.1) is 17.0 Å². The fraction of sp³-hybridized carbons (Fsp3) is 0.278. The SMILES string of the molecule is COc1cc(NC(=O)C[NH2+][C@H](C)c2ccccc2)c(C)cc1[N+](=O)[O-]. The second-order valence-electron chi connectivity index (χ2n) is 5.78. The number of nitrogens with two attached hydrogens (primary N) is 1. The second kappa shape index (κ2) is 8.25. The summed E-state index contributed by atoms with van der Waals surface area (Å²) in [6, 6.07) is 12.9. The van der Waals surface area contributed by atoms with Gasteiger partial charge in [0.1, 0.15) is 6.04 Å². The maximum absolute atomic E-state index is 12.2. The quantitative estimate of drug-likeness (QED) is 0.594. The van der Waals surface area contributed by atoms with Crippen LogP contribution in [-0.4, -0.2) is 24.5 Å². The molecule has 7 heteroatoms. The van der Waals surface area contributed by atoms with Crippen LogP contribution in [0.15, 0.2) is 42.5 Å². The van der Waals surface area contributed by atoms with Crippen molar-refractivity contribution in [2.45, 2.75) is 19.9 Å². The fourth-order valence-electron chi connectivity index (χ4n) is 2.49. The van der Waals surface area contributed by atoms with E-state index in [1.54, 1.807) is 6.92 Å². The van der Waals surface area contributed by atoms with Crippen molar-refractivity contribution in [2.75, 3.05) is 19.0 Å². The zero-order valence-corrected chi connectivity index (χ0v) is 14.5. The molecule has 132 valence electrons. The molecule has 0 fully saturated rings. The van der Waals surface area contributed by atoms with Gasteiger partial charge in [0.2, 0.25) is 0 Å². The number of carbonyl (C=O) groups excluding carboxylic acids is 1. The molecule has 0 aromatic heterocycles. The third-order valence-electron chi connectivity index (χ3n) is 3.98. The summed E-state index contributed by atoms with van der Waals surface area (Å²) in [5.74, 6) is -0.0608. The minimum Gasteiger partial charge on any atom is -0.490 e. The topological polar surface area (TPSA) is 98.1 Å². The molecule has 0 aliphatic carbocycles. The van der Waals surface area contributed by atoms with Gasteiger partial charge in [-0.1, -0.05) is 30.3 Å². The lowest BCUT2D eigenvalue weighted by Crippen LogP contribution is -2.86. The molecule has 1 atom stereocenters. The minimum atomic E-state index is -0.507. The summed E-state index contributed by atoms with van der Waals surface area (Å²) in [5, 5.41) is 15.7. The van der Waals surface area contributed by atoms with Crippen molar-refractivity contribution in [3.63, 3.8) is 0 Å². The monoisotopic (exact) mass is 344 g/mol. The number of nitro groups is 1. The van der Waals surface area contributed by atoms with Gasteiger partial charge in [-0.15, -0.1) is 0 Å². The average Bonchev–Trinajstić information content (AvgIpc) is 2.61. The van der Waals surface area contributed by atoms with Crippen molar-refractivity contribution in [3.05, 3.63) is 63.7 Å². The molecule has 3 N–H and O–H groups in total. The zero-order valence-electron chi connectivity index (χ0n) is 14.5. The number of nitrogens with one attached hydrogen (secondary N) is 1. The van der Waals surface area contributed by atoms with Crippen LogP contribution in [0.2, 0.25) is 0 Å². The summed E-state index contributed by atoms with van der Waals surface area (Å²) >= 11 is 0. The highest BCUT2D eigenvalue weighted by Crippen LogP contribution is 2.32. The number of hydrogen-bond donors (Lipinski definition) is 2. The van der Waals surface area contributed by atoms with Crippen molar-refractivity contribution in [1.29, 1.82) is 0 Å². The molecule has 1 amide bonds. The molecule has 0 heterocycles. The Kier molecular flexibility index (Phi) is 6.08. The van der Waals surface area contributed by atoms with E-state index in [9.17, 15) is 14.9 Å². The van der Waals surface area contributed by atoms with Gasteiger partial charge < -0.3 is 15.4 Å². The molecule has 0 bridgehead atoms. The Morgan fingerprint density at radius 3 is 2.60 bits per heavy atom. The van der Waals surface area contributed by atoms with Gasteiger partial charge in [-0.3, -0.25) is 14.9 Å². The lowest BCUT2D eigenvalue weighted by molar-refractivity contribution is -0.682. The van der Waals surface area contributed by atoms with E-state index >= 15 is 0 Å². The summed E-state index contributed by atoms with van der Waals surface area (Å²) in [5.41, 5.74) is 2.14. The molecule has 0 aliphatic rings. The lowest BCUT2D eigenvalue weighted by Gasteiger charge is -2.13. The smallest absolute Gasteiger partial charge is 0.311 e. The minimum absolute atomic E-state index is 0.118. The highest BCUT2D eigenvalue weighted by molar-refractivity contribution is 5.92. The van der Waals surface area contributed by atoms with E-state index in [-0.39, 0.29) is 29.9 Å². The number of benzene rings is 2. The van der Waals surface area contributed by atoms with Crippen LogP contribution >= 0.6 is 0 Å². The number of nitrogens with zero attached hydrogens (tertiary/aromatic N) is 1. The first-order chi connectivity index (χ1) is 11.9. The number of anilines is 1. The number of hydrogen-bond acceptors (Lipinski definition) is 4. The van der Waals surface area contributed by atoms with Crippen molar-refractivity contribution in [3.8, 4) is 5.75 Å². The molecule has 2 rings (SSSR count). The van der Waals surface area contributed by atoms with Gasteiger partial charge in [0, 0.05) is 23.4 Å². The van der Waals surface area contributed by atoms with Gasteiger partial charge in [-0.2, -0.15) is 0 Å². The number of amides is 1. The Labute approximate surface area is 146 Å². The number of rotatable bonds is 7. The first-order valence-corrected chi connectivity index (χ1v) is 7.93.